The number of hydrogen-bond donors (Lipinski definition) is 1. The Kier molecular flexibility index (Phi) is 5.07. The van der Waals surface area contributed by atoms with E-state index >= 15 is 0 Å². The van der Waals surface area contributed by atoms with E-state index < -0.39 is 28.5 Å². The van der Waals surface area contributed by atoms with Crippen molar-refractivity contribution in [3.05, 3.63) is 53.7 Å². The van der Waals surface area contributed by atoms with Crippen LogP contribution in [-0.2, 0) is 23.1 Å². The van der Waals surface area contributed by atoms with Crippen LogP contribution < -0.4 is 4.72 Å². The topological polar surface area (TPSA) is 101 Å². The number of pyridine rings is 1. The van der Waals surface area contributed by atoms with Crippen LogP contribution in [0.3, 0.4) is 0 Å². The van der Waals surface area contributed by atoms with E-state index in [0.29, 0.717) is 34.6 Å². The summed E-state index contributed by atoms with van der Waals surface area (Å²) in [5.74, 6) is 0.536. The third-order valence-electron chi connectivity index (χ3n) is 7.48. The SMILES string of the molecule is O=S1(=O)NC2(CN1CC(F)(F)F)C1CCC2Cc2cc(-c3noc(-c4ccccn4)n3)ccc2C1. The quantitative estimate of drug-likeness (QED) is 0.586. The molecular formula is C23H22F3N5O3S. The molecule has 2 aliphatic carbocycles. The molecule has 1 N–H and O–H groups in total. The zero-order chi connectivity index (χ0) is 24.4. The predicted molar refractivity (Wildman–Crippen MR) is 119 cm³/mol. The van der Waals surface area contributed by atoms with Crippen molar-refractivity contribution in [3.63, 3.8) is 0 Å². The summed E-state index contributed by atoms with van der Waals surface area (Å²) in [5.41, 5.74) is 2.53. The summed E-state index contributed by atoms with van der Waals surface area (Å²) in [4.78, 5) is 8.68. The molecular weight excluding hydrogens is 483 g/mol. The molecule has 1 spiro atoms. The van der Waals surface area contributed by atoms with Gasteiger partial charge in [-0.2, -0.15) is 35.6 Å². The fourth-order valence-electron chi connectivity index (χ4n) is 5.92. The van der Waals surface area contributed by atoms with E-state index in [2.05, 4.69) is 19.8 Å². The molecule has 2 aromatic heterocycles. The highest BCUT2D eigenvalue weighted by atomic mass is 32.2. The van der Waals surface area contributed by atoms with Crippen molar-refractivity contribution in [1.82, 2.24) is 24.2 Å². The molecule has 3 aromatic rings. The Morgan fingerprint density at radius 2 is 1.89 bits per heavy atom. The summed E-state index contributed by atoms with van der Waals surface area (Å²) in [6, 6.07) is 11.2. The monoisotopic (exact) mass is 505 g/mol. The van der Waals surface area contributed by atoms with E-state index in [1.165, 1.54) is 0 Å². The van der Waals surface area contributed by atoms with Gasteiger partial charge in [-0.15, -0.1) is 0 Å². The normalized spacial score (nSPS) is 27.7. The fraction of sp³-hybridized carbons (Fsp3) is 0.435. The molecule has 35 heavy (non-hydrogen) atoms. The maximum atomic E-state index is 13.1. The standard InChI is InChI=1S/C23H22F3N5O3S/c24-23(25,26)13-31-12-22(30-35(31,32)33)17-6-7-18(22)11-16-9-15(5-4-14(16)10-17)20-28-21(34-29-20)19-3-1-2-8-27-19/h1-5,8-9,17-18,30H,6-7,10-13H2. The Hall–Kier alpha value is -2.83. The van der Waals surface area contributed by atoms with Gasteiger partial charge in [-0.05, 0) is 66.8 Å². The summed E-state index contributed by atoms with van der Waals surface area (Å²) < 4.78 is 73.1. The number of fused-ring (bicyclic) bond motifs is 1. The highest BCUT2D eigenvalue weighted by Gasteiger charge is 2.60. The number of nitrogens with zero attached hydrogens (tertiary/aromatic N) is 4. The van der Waals surface area contributed by atoms with E-state index in [1.807, 2.05) is 24.3 Å². The molecule has 6 rings (SSSR count). The second-order valence-corrected chi connectivity index (χ2v) is 11.2. The lowest BCUT2D eigenvalue weighted by Crippen LogP contribution is -2.52. The van der Waals surface area contributed by atoms with Gasteiger partial charge in [0, 0.05) is 18.3 Å². The zero-order valence-electron chi connectivity index (χ0n) is 18.5. The van der Waals surface area contributed by atoms with E-state index in [4.69, 9.17) is 4.52 Å². The van der Waals surface area contributed by atoms with Crippen LogP contribution in [0.4, 0.5) is 13.2 Å². The average Bonchev–Trinajstić information content (AvgIpc) is 3.43. The molecule has 1 aromatic carbocycles. The first kappa shape index (κ1) is 22.6. The molecule has 1 aliphatic heterocycles. The Morgan fingerprint density at radius 1 is 1.11 bits per heavy atom. The molecule has 1 saturated heterocycles. The summed E-state index contributed by atoms with van der Waals surface area (Å²) >= 11 is 0. The molecule has 8 nitrogen and oxygen atoms in total. The lowest BCUT2D eigenvalue weighted by molar-refractivity contribution is -0.136. The van der Waals surface area contributed by atoms with E-state index in [9.17, 15) is 21.6 Å². The maximum absolute atomic E-state index is 13.1. The molecule has 0 radical (unpaired) electrons. The molecule has 3 heterocycles. The van der Waals surface area contributed by atoms with Gasteiger partial charge in [0.2, 0.25) is 5.82 Å². The van der Waals surface area contributed by atoms with Crippen molar-refractivity contribution in [2.75, 3.05) is 13.1 Å². The summed E-state index contributed by atoms with van der Waals surface area (Å²) in [7, 11) is -4.21. The minimum Gasteiger partial charge on any atom is -0.332 e. The lowest BCUT2D eigenvalue weighted by atomic mass is 9.79. The molecule has 12 heteroatoms. The van der Waals surface area contributed by atoms with Gasteiger partial charge in [0.15, 0.2) is 0 Å². The number of halogens is 3. The molecule has 2 bridgehead atoms. The highest BCUT2D eigenvalue weighted by Crippen LogP contribution is 2.50. The molecule has 3 unspecified atom stereocenters. The second-order valence-electron chi connectivity index (χ2n) is 9.53. The minimum absolute atomic E-state index is 0.0754. The zero-order valence-corrected chi connectivity index (χ0v) is 19.3. The minimum atomic E-state index is -4.60. The first-order valence-corrected chi connectivity index (χ1v) is 12.8. The first-order chi connectivity index (χ1) is 16.6. The second kappa shape index (κ2) is 7.84. The van der Waals surface area contributed by atoms with E-state index in [1.54, 1.807) is 18.3 Å². The molecule has 3 aliphatic rings. The average molecular weight is 506 g/mol. The van der Waals surface area contributed by atoms with E-state index in [0.717, 1.165) is 29.5 Å². The number of alkyl halides is 3. The van der Waals surface area contributed by atoms with E-state index in [-0.39, 0.29) is 18.4 Å². The van der Waals surface area contributed by atoms with Gasteiger partial charge >= 0.3 is 6.18 Å². The van der Waals surface area contributed by atoms with Gasteiger partial charge in [0.05, 0.1) is 5.54 Å². The Labute approximate surface area is 199 Å². The van der Waals surface area contributed by atoms with Gasteiger partial charge in [0.25, 0.3) is 16.1 Å². The predicted octanol–water partition coefficient (Wildman–Crippen LogP) is 3.37. The maximum Gasteiger partial charge on any atom is 0.402 e. The number of nitrogens with one attached hydrogen (secondary N) is 1. The molecule has 1 saturated carbocycles. The number of hydrogen-bond acceptors (Lipinski definition) is 6. The van der Waals surface area contributed by atoms with Crippen molar-refractivity contribution < 1.29 is 26.1 Å². The number of aromatic nitrogens is 3. The van der Waals surface area contributed by atoms with Crippen molar-refractivity contribution in [2.24, 2.45) is 11.8 Å². The summed E-state index contributed by atoms with van der Waals surface area (Å²) in [5, 5.41) is 4.09. The van der Waals surface area contributed by atoms with Crippen LogP contribution in [0.25, 0.3) is 23.0 Å². The molecule has 2 fully saturated rings. The largest absolute Gasteiger partial charge is 0.402 e. The van der Waals surface area contributed by atoms with Gasteiger partial charge in [0.1, 0.15) is 12.2 Å². The van der Waals surface area contributed by atoms with Crippen LogP contribution in [-0.4, -0.2) is 52.7 Å². The van der Waals surface area contributed by atoms with Crippen molar-refractivity contribution in [3.8, 4) is 23.0 Å². The van der Waals surface area contributed by atoms with Crippen LogP contribution in [0.5, 0.6) is 0 Å². The van der Waals surface area contributed by atoms with Gasteiger partial charge in [-0.3, -0.25) is 4.98 Å². The number of benzene rings is 1. The lowest BCUT2D eigenvalue weighted by Gasteiger charge is -2.33. The summed E-state index contributed by atoms with van der Waals surface area (Å²) in [6.45, 7) is -1.64. The third-order valence-corrected chi connectivity index (χ3v) is 9.06. The van der Waals surface area contributed by atoms with Gasteiger partial charge < -0.3 is 4.52 Å². The van der Waals surface area contributed by atoms with Gasteiger partial charge in [-0.25, -0.2) is 0 Å². The first-order valence-electron chi connectivity index (χ1n) is 11.4. The Balaban J connectivity index is 1.30. The highest BCUT2D eigenvalue weighted by molar-refractivity contribution is 7.87. The summed E-state index contributed by atoms with van der Waals surface area (Å²) in [6.07, 6.45) is -0.275. The van der Waals surface area contributed by atoms with Gasteiger partial charge in [-0.1, -0.05) is 23.4 Å². The van der Waals surface area contributed by atoms with Crippen LogP contribution in [0.2, 0.25) is 0 Å². The van der Waals surface area contributed by atoms with Crippen molar-refractivity contribution in [2.45, 2.75) is 37.4 Å². The smallest absolute Gasteiger partial charge is 0.332 e. The van der Waals surface area contributed by atoms with Crippen LogP contribution in [0.15, 0.2) is 47.1 Å². The molecule has 184 valence electrons. The van der Waals surface area contributed by atoms with Crippen LogP contribution in [0, 0.1) is 11.8 Å². The fourth-order valence-corrected chi connectivity index (χ4v) is 7.62. The van der Waals surface area contributed by atoms with Crippen LogP contribution in [0.1, 0.15) is 24.0 Å². The Morgan fingerprint density at radius 3 is 2.60 bits per heavy atom. The van der Waals surface area contributed by atoms with Crippen molar-refractivity contribution in [1.29, 1.82) is 0 Å². The third kappa shape index (κ3) is 3.93. The van der Waals surface area contributed by atoms with Crippen LogP contribution >= 0.6 is 0 Å². The Bertz CT molecular complexity index is 1380. The molecule has 3 atom stereocenters. The molecule has 0 amide bonds. The number of rotatable bonds is 3. The van der Waals surface area contributed by atoms with Crippen molar-refractivity contribution >= 4 is 10.2 Å².